The third-order valence-electron chi connectivity index (χ3n) is 4.33. The van der Waals surface area contributed by atoms with Crippen molar-refractivity contribution in [1.29, 1.82) is 5.26 Å². The molecular formula is C16H19NO4. The number of aliphatic carboxylic acids is 2. The molecule has 1 aromatic carbocycles. The van der Waals surface area contributed by atoms with Crippen molar-refractivity contribution in [3.05, 3.63) is 35.9 Å². The Morgan fingerprint density at radius 2 is 1.67 bits per heavy atom. The maximum absolute atomic E-state index is 12.0. The lowest BCUT2D eigenvalue weighted by molar-refractivity contribution is -0.150. The van der Waals surface area contributed by atoms with Gasteiger partial charge in [0.05, 0.1) is 12.5 Å². The standard InChI is InChI=1S/C16H19NO4/c1-3-15(4-2,10-13(18)19)16(11-17,14(20)21)12-8-6-5-7-9-12/h5-9H,3-4,10H2,1-2H3,(H,18,19)(H,20,21). The average molecular weight is 289 g/mol. The van der Waals surface area contributed by atoms with Gasteiger partial charge in [0.25, 0.3) is 0 Å². The molecule has 0 radical (unpaired) electrons. The summed E-state index contributed by atoms with van der Waals surface area (Å²) in [7, 11) is 0. The summed E-state index contributed by atoms with van der Waals surface area (Å²) >= 11 is 0. The fourth-order valence-corrected chi connectivity index (χ4v) is 3.03. The first-order valence-electron chi connectivity index (χ1n) is 6.82. The number of nitrogens with zero attached hydrogens (tertiary/aromatic N) is 1. The molecule has 0 amide bonds. The summed E-state index contributed by atoms with van der Waals surface area (Å²) in [6.45, 7) is 3.45. The van der Waals surface area contributed by atoms with Gasteiger partial charge in [-0.05, 0) is 18.4 Å². The van der Waals surface area contributed by atoms with Gasteiger partial charge in [-0.1, -0.05) is 44.2 Å². The van der Waals surface area contributed by atoms with Crippen LogP contribution in [0.2, 0.25) is 0 Å². The Bertz CT molecular complexity index is 557. The summed E-state index contributed by atoms with van der Waals surface area (Å²) in [5, 5.41) is 28.7. The minimum atomic E-state index is -1.88. The molecule has 0 saturated carbocycles. The smallest absolute Gasteiger partial charge is 0.329 e. The fraction of sp³-hybridized carbons (Fsp3) is 0.438. The quantitative estimate of drug-likeness (QED) is 0.804. The molecular weight excluding hydrogens is 270 g/mol. The molecule has 0 saturated heterocycles. The van der Waals surface area contributed by atoms with Crippen LogP contribution >= 0.6 is 0 Å². The van der Waals surface area contributed by atoms with Crippen LogP contribution in [0.25, 0.3) is 0 Å². The van der Waals surface area contributed by atoms with Crippen molar-refractivity contribution in [2.45, 2.75) is 38.5 Å². The van der Waals surface area contributed by atoms with Crippen LogP contribution in [0.3, 0.4) is 0 Å². The van der Waals surface area contributed by atoms with Crippen molar-refractivity contribution < 1.29 is 19.8 Å². The molecule has 0 aromatic heterocycles. The van der Waals surface area contributed by atoms with Gasteiger partial charge in [-0.15, -0.1) is 0 Å². The van der Waals surface area contributed by atoms with E-state index in [1.54, 1.807) is 44.2 Å². The van der Waals surface area contributed by atoms with Gasteiger partial charge in [0, 0.05) is 5.41 Å². The van der Waals surface area contributed by atoms with Gasteiger partial charge < -0.3 is 10.2 Å². The molecule has 0 aliphatic heterocycles. The Kier molecular flexibility index (Phi) is 5.09. The molecule has 1 atom stereocenters. The maximum atomic E-state index is 12.0. The van der Waals surface area contributed by atoms with Gasteiger partial charge in [0.15, 0.2) is 5.41 Å². The lowest BCUT2D eigenvalue weighted by Gasteiger charge is -2.42. The molecule has 0 bridgehead atoms. The monoisotopic (exact) mass is 289 g/mol. The van der Waals surface area contributed by atoms with Gasteiger partial charge in [0.2, 0.25) is 0 Å². The van der Waals surface area contributed by atoms with E-state index in [1.165, 1.54) is 0 Å². The van der Waals surface area contributed by atoms with E-state index in [1.807, 2.05) is 6.07 Å². The van der Waals surface area contributed by atoms with Crippen molar-refractivity contribution in [3.8, 4) is 6.07 Å². The van der Waals surface area contributed by atoms with Crippen LogP contribution in [0.1, 0.15) is 38.7 Å². The van der Waals surface area contributed by atoms with Crippen LogP contribution in [-0.2, 0) is 15.0 Å². The largest absolute Gasteiger partial charge is 0.481 e. The second kappa shape index (κ2) is 6.40. The summed E-state index contributed by atoms with van der Waals surface area (Å²) in [5.41, 5.74) is -2.72. The Balaban J connectivity index is 3.67. The number of hydrogen-bond acceptors (Lipinski definition) is 3. The number of hydrogen-bond donors (Lipinski definition) is 2. The Morgan fingerprint density at radius 3 is 2.00 bits per heavy atom. The van der Waals surface area contributed by atoms with E-state index in [4.69, 9.17) is 0 Å². The van der Waals surface area contributed by atoms with Gasteiger partial charge in [0.1, 0.15) is 0 Å². The van der Waals surface area contributed by atoms with Crippen molar-refractivity contribution in [1.82, 2.24) is 0 Å². The lowest BCUT2D eigenvalue weighted by atomic mass is 9.56. The number of carboxylic acids is 2. The van der Waals surface area contributed by atoms with E-state index in [9.17, 15) is 25.1 Å². The van der Waals surface area contributed by atoms with Gasteiger partial charge in [-0.25, -0.2) is 0 Å². The molecule has 1 aromatic rings. The molecule has 0 spiro atoms. The molecule has 112 valence electrons. The number of benzene rings is 1. The van der Waals surface area contributed by atoms with Crippen molar-refractivity contribution in [2.75, 3.05) is 0 Å². The van der Waals surface area contributed by atoms with Crippen molar-refractivity contribution in [3.63, 3.8) is 0 Å². The van der Waals surface area contributed by atoms with E-state index in [0.717, 1.165) is 0 Å². The predicted octanol–water partition coefficient (Wildman–Crippen LogP) is 2.81. The van der Waals surface area contributed by atoms with E-state index in [2.05, 4.69) is 0 Å². The first-order chi connectivity index (χ1) is 9.90. The summed E-state index contributed by atoms with van der Waals surface area (Å²) in [6.07, 6.45) is 0.198. The van der Waals surface area contributed by atoms with Crippen LogP contribution < -0.4 is 0 Å². The molecule has 2 N–H and O–H groups in total. The molecule has 5 heteroatoms. The second-order valence-corrected chi connectivity index (χ2v) is 5.09. The average Bonchev–Trinajstić information content (AvgIpc) is 2.47. The molecule has 1 rings (SSSR count). The highest BCUT2D eigenvalue weighted by molar-refractivity contribution is 5.87. The molecule has 1 unspecified atom stereocenters. The minimum absolute atomic E-state index is 0.282. The SMILES string of the molecule is CCC(CC)(CC(=O)O)C(C#N)(C(=O)O)c1ccccc1. The van der Waals surface area contributed by atoms with E-state index in [0.29, 0.717) is 5.56 Å². The third kappa shape index (κ3) is 2.62. The fourth-order valence-electron chi connectivity index (χ4n) is 3.03. The highest BCUT2D eigenvalue weighted by Crippen LogP contribution is 2.49. The molecule has 0 aliphatic carbocycles. The van der Waals surface area contributed by atoms with Gasteiger partial charge in [-0.2, -0.15) is 5.26 Å². The van der Waals surface area contributed by atoms with Crippen LogP contribution in [0.5, 0.6) is 0 Å². The van der Waals surface area contributed by atoms with Crippen LogP contribution in [0.4, 0.5) is 0 Å². The zero-order chi connectivity index (χ0) is 16.1. The first-order valence-corrected chi connectivity index (χ1v) is 6.82. The van der Waals surface area contributed by atoms with E-state index in [-0.39, 0.29) is 19.3 Å². The molecule has 0 heterocycles. The second-order valence-electron chi connectivity index (χ2n) is 5.09. The number of carboxylic acid groups (broad SMARTS) is 2. The normalized spacial score (nSPS) is 14.0. The maximum Gasteiger partial charge on any atom is 0.329 e. The summed E-state index contributed by atoms with van der Waals surface area (Å²) in [5.74, 6) is -2.41. The number of carbonyl (C=O) groups is 2. The summed E-state index contributed by atoms with van der Waals surface area (Å²) in [4.78, 5) is 23.2. The zero-order valence-corrected chi connectivity index (χ0v) is 12.2. The van der Waals surface area contributed by atoms with Crippen molar-refractivity contribution in [2.24, 2.45) is 5.41 Å². The molecule has 0 fully saturated rings. The summed E-state index contributed by atoms with van der Waals surface area (Å²) in [6, 6.07) is 10.1. The Morgan fingerprint density at radius 1 is 1.14 bits per heavy atom. The van der Waals surface area contributed by atoms with Gasteiger partial charge in [-0.3, -0.25) is 9.59 Å². The van der Waals surface area contributed by atoms with E-state index < -0.39 is 22.8 Å². The molecule has 21 heavy (non-hydrogen) atoms. The predicted molar refractivity (Wildman–Crippen MR) is 76.6 cm³/mol. The van der Waals surface area contributed by atoms with Crippen molar-refractivity contribution >= 4 is 11.9 Å². The Hall–Kier alpha value is -2.35. The highest BCUT2D eigenvalue weighted by Gasteiger charge is 2.57. The first kappa shape index (κ1) is 16.7. The highest BCUT2D eigenvalue weighted by atomic mass is 16.4. The van der Waals surface area contributed by atoms with Gasteiger partial charge >= 0.3 is 11.9 Å². The zero-order valence-electron chi connectivity index (χ0n) is 12.2. The van der Waals surface area contributed by atoms with Crippen LogP contribution in [-0.4, -0.2) is 22.2 Å². The topological polar surface area (TPSA) is 98.4 Å². The molecule has 5 nitrogen and oxygen atoms in total. The van der Waals surface area contributed by atoms with Crippen LogP contribution in [0.15, 0.2) is 30.3 Å². The molecule has 0 aliphatic rings. The third-order valence-corrected chi connectivity index (χ3v) is 4.33. The number of rotatable bonds is 7. The minimum Gasteiger partial charge on any atom is -0.481 e. The summed E-state index contributed by atoms with van der Waals surface area (Å²) < 4.78 is 0. The van der Waals surface area contributed by atoms with E-state index >= 15 is 0 Å². The van der Waals surface area contributed by atoms with Crippen LogP contribution in [0, 0.1) is 16.7 Å². The Labute approximate surface area is 123 Å². The lowest BCUT2D eigenvalue weighted by Crippen LogP contribution is -2.51. The number of nitriles is 1.